The second-order valence-electron chi connectivity index (χ2n) is 5.86. The molecule has 9 heteroatoms. The van der Waals surface area contributed by atoms with E-state index in [1.54, 1.807) is 0 Å². The molecule has 6 nitrogen and oxygen atoms in total. The van der Waals surface area contributed by atoms with E-state index in [9.17, 15) is 13.2 Å². The lowest BCUT2D eigenvalue weighted by Crippen LogP contribution is -2.21. The van der Waals surface area contributed by atoms with Crippen LogP contribution < -0.4 is 15.5 Å². The number of benzene rings is 2. The Balaban J connectivity index is 1.74. The topological polar surface area (TPSA) is 66.0 Å². The summed E-state index contributed by atoms with van der Waals surface area (Å²) in [4.78, 5) is 6.37. The van der Waals surface area contributed by atoms with Crippen LogP contribution in [0, 0.1) is 17.5 Å². The molecule has 0 unspecified atom stereocenters. The van der Waals surface area contributed by atoms with E-state index in [4.69, 9.17) is 0 Å². The average molecular weight is 388 g/mol. The van der Waals surface area contributed by atoms with Crippen LogP contribution in [0.2, 0.25) is 0 Å². The Morgan fingerprint density at radius 3 is 2.29 bits per heavy atom. The van der Waals surface area contributed by atoms with Crippen molar-refractivity contribution in [3.8, 4) is 0 Å². The van der Waals surface area contributed by atoms with Crippen molar-refractivity contribution in [3.63, 3.8) is 0 Å². The predicted molar refractivity (Wildman–Crippen MR) is 103 cm³/mol. The lowest BCUT2D eigenvalue weighted by Gasteiger charge is -2.21. The highest BCUT2D eigenvalue weighted by atomic mass is 19.2. The number of halogens is 3. The molecule has 2 aromatic carbocycles. The molecule has 0 atom stereocenters. The summed E-state index contributed by atoms with van der Waals surface area (Å²) >= 11 is 0. The molecule has 0 aliphatic rings. The van der Waals surface area contributed by atoms with Gasteiger partial charge in [0.2, 0.25) is 5.95 Å². The van der Waals surface area contributed by atoms with Crippen LogP contribution in [-0.2, 0) is 0 Å². The van der Waals surface area contributed by atoms with Crippen LogP contribution in [0.3, 0.4) is 0 Å². The first-order valence-corrected chi connectivity index (χ1v) is 8.74. The molecule has 1 heterocycles. The van der Waals surface area contributed by atoms with Gasteiger partial charge in [0.15, 0.2) is 23.3 Å². The normalized spacial score (nSPS) is 10.6. The largest absolute Gasteiger partial charge is 0.372 e. The molecule has 28 heavy (non-hydrogen) atoms. The van der Waals surface area contributed by atoms with Gasteiger partial charge < -0.3 is 15.5 Å². The average Bonchev–Trinajstić information content (AvgIpc) is 2.71. The van der Waals surface area contributed by atoms with Crippen LogP contribution in [0.25, 0.3) is 0 Å². The van der Waals surface area contributed by atoms with Gasteiger partial charge in [-0.1, -0.05) is 0 Å². The van der Waals surface area contributed by atoms with Crippen molar-refractivity contribution in [2.75, 3.05) is 28.6 Å². The Morgan fingerprint density at radius 2 is 1.61 bits per heavy atom. The first-order chi connectivity index (χ1) is 13.5. The molecular weight excluding hydrogens is 369 g/mol. The van der Waals surface area contributed by atoms with Crippen molar-refractivity contribution in [2.24, 2.45) is 0 Å². The van der Waals surface area contributed by atoms with E-state index in [1.165, 1.54) is 6.20 Å². The van der Waals surface area contributed by atoms with Crippen molar-refractivity contribution in [1.29, 1.82) is 0 Å². The van der Waals surface area contributed by atoms with Crippen molar-refractivity contribution in [3.05, 3.63) is 60.0 Å². The maximum atomic E-state index is 13.8. The van der Waals surface area contributed by atoms with Gasteiger partial charge in [-0.25, -0.2) is 13.2 Å². The molecule has 0 amide bonds. The molecular formula is C19H19F3N6. The molecule has 146 valence electrons. The summed E-state index contributed by atoms with van der Waals surface area (Å²) in [5.74, 6) is -3.90. The summed E-state index contributed by atoms with van der Waals surface area (Å²) < 4.78 is 40.2. The Labute approximate surface area is 160 Å². The molecule has 0 saturated heterocycles. The van der Waals surface area contributed by atoms with Gasteiger partial charge in [0, 0.05) is 24.5 Å². The highest BCUT2D eigenvalue weighted by Gasteiger charge is 2.14. The van der Waals surface area contributed by atoms with Crippen LogP contribution in [0.1, 0.15) is 13.8 Å². The van der Waals surface area contributed by atoms with Crippen LogP contribution >= 0.6 is 0 Å². The van der Waals surface area contributed by atoms with Crippen molar-refractivity contribution in [1.82, 2.24) is 15.2 Å². The maximum Gasteiger partial charge on any atom is 0.249 e. The third-order valence-electron chi connectivity index (χ3n) is 4.11. The number of aromatic nitrogens is 3. The summed E-state index contributed by atoms with van der Waals surface area (Å²) in [5, 5.41) is 13.1. The van der Waals surface area contributed by atoms with E-state index in [-0.39, 0.29) is 11.6 Å². The first-order valence-electron chi connectivity index (χ1n) is 8.74. The van der Waals surface area contributed by atoms with E-state index in [1.807, 2.05) is 24.3 Å². The van der Waals surface area contributed by atoms with Gasteiger partial charge in [-0.3, -0.25) is 0 Å². The zero-order valence-corrected chi connectivity index (χ0v) is 15.4. The van der Waals surface area contributed by atoms with E-state index in [0.29, 0.717) is 5.82 Å². The monoisotopic (exact) mass is 388 g/mol. The van der Waals surface area contributed by atoms with Crippen molar-refractivity contribution < 1.29 is 13.2 Å². The fourth-order valence-corrected chi connectivity index (χ4v) is 2.65. The summed E-state index contributed by atoms with van der Waals surface area (Å²) in [7, 11) is 0. The first kappa shape index (κ1) is 19.4. The Hall–Kier alpha value is -3.36. The third-order valence-corrected chi connectivity index (χ3v) is 4.11. The maximum absolute atomic E-state index is 13.8. The van der Waals surface area contributed by atoms with Gasteiger partial charge in [-0.05, 0) is 50.2 Å². The lowest BCUT2D eigenvalue weighted by atomic mass is 10.2. The molecule has 3 rings (SSSR count). The third kappa shape index (κ3) is 4.30. The number of hydrogen-bond donors (Lipinski definition) is 2. The fraction of sp³-hybridized carbons (Fsp3) is 0.211. The van der Waals surface area contributed by atoms with Gasteiger partial charge in [0.05, 0.1) is 11.9 Å². The molecule has 2 N–H and O–H groups in total. The van der Waals surface area contributed by atoms with Gasteiger partial charge >= 0.3 is 0 Å². The van der Waals surface area contributed by atoms with E-state index < -0.39 is 17.5 Å². The van der Waals surface area contributed by atoms with Crippen molar-refractivity contribution >= 4 is 28.8 Å². The Kier molecular flexibility index (Phi) is 5.93. The number of nitrogens with zero attached hydrogens (tertiary/aromatic N) is 4. The summed E-state index contributed by atoms with van der Waals surface area (Å²) in [6, 6.07) is 9.65. The minimum atomic E-state index is -1.57. The van der Waals surface area contributed by atoms with Gasteiger partial charge in [-0.15, -0.1) is 5.10 Å². The van der Waals surface area contributed by atoms with Gasteiger partial charge in [-0.2, -0.15) is 10.1 Å². The molecule has 0 spiro atoms. The molecule has 1 aromatic heterocycles. The quantitative estimate of drug-likeness (QED) is 0.576. The van der Waals surface area contributed by atoms with Crippen LogP contribution in [-0.4, -0.2) is 28.3 Å². The SMILES string of the molecule is CCN(CC)c1ccc(Nc2cnnc(Nc3ccc(F)c(F)c3F)n2)cc1. The number of nitrogens with one attached hydrogen (secondary N) is 2. The molecule has 0 fully saturated rings. The van der Waals surface area contributed by atoms with Crippen LogP contribution in [0.4, 0.5) is 42.0 Å². The minimum absolute atomic E-state index is 0.0605. The summed E-state index contributed by atoms with van der Waals surface area (Å²) in [6.07, 6.45) is 1.39. The van der Waals surface area contributed by atoms with E-state index in [0.717, 1.165) is 36.6 Å². The molecule has 3 aromatic rings. The highest BCUT2D eigenvalue weighted by molar-refractivity contribution is 5.62. The molecule has 0 saturated carbocycles. The number of rotatable bonds is 7. The lowest BCUT2D eigenvalue weighted by molar-refractivity contribution is 0.449. The van der Waals surface area contributed by atoms with Gasteiger partial charge in [0.1, 0.15) is 0 Å². The standard InChI is InChI=1S/C19H19F3N6/c1-3-28(4-2)13-7-5-12(6-8-13)24-16-11-23-27-19(26-16)25-15-10-9-14(20)17(21)18(15)22/h5-11H,3-4H2,1-2H3,(H2,24,25,26,27). The predicted octanol–water partition coefficient (Wildman–Crippen LogP) is 4.62. The molecule has 0 aliphatic carbocycles. The fourth-order valence-electron chi connectivity index (χ4n) is 2.65. The van der Waals surface area contributed by atoms with Crippen molar-refractivity contribution in [2.45, 2.75) is 13.8 Å². The van der Waals surface area contributed by atoms with Crippen LogP contribution in [0.5, 0.6) is 0 Å². The van der Waals surface area contributed by atoms with Crippen LogP contribution in [0.15, 0.2) is 42.6 Å². The minimum Gasteiger partial charge on any atom is -0.372 e. The summed E-state index contributed by atoms with van der Waals surface area (Å²) in [5.41, 5.74) is 1.59. The van der Waals surface area contributed by atoms with Gasteiger partial charge in [0.25, 0.3) is 0 Å². The summed E-state index contributed by atoms with van der Waals surface area (Å²) in [6.45, 7) is 6.00. The Morgan fingerprint density at radius 1 is 0.893 bits per heavy atom. The second-order valence-corrected chi connectivity index (χ2v) is 5.86. The smallest absolute Gasteiger partial charge is 0.249 e. The highest BCUT2D eigenvalue weighted by Crippen LogP contribution is 2.23. The number of anilines is 5. The molecule has 0 radical (unpaired) electrons. The molecule has 0 bridgehead atoms. The molecule has 0 aliphatic heterocycles. The number of hydrogen-bond acceptors (Lipinski definition) is 6. The second kappa shape index (κ2) is 8.55. The zero-order chi connectivity index (χ0) is 20.1. The van der Waals surface area contributed by atoms with E-state index >= 15 is 0 Å². The van der Waals surface area contributed by atoms with E-state index in [2.05, 4.69) is 44.6 Å². The zero-order valence-electron chi connectivity index (χ0n) is 15.4. The Bertz CT molecular complexity index is 945.